The zero-order valence-electron chi connectivity index (χ0n) is 15.8. The average Bonchev–Trinajstić information content (AvgIpc) is 3.44. The van der Waals surface area contributed by atoms with Gasteiger partial charge in [-0.05, 0) is 45.1 Å². The van der Waals surface area contributed by atoms with Crippen molar-refractivity contribution in [2.45, 2.75) is 62.7 Å². The highest BCUT2D eigenvalue weighted by Gasteiger charge is 2.41. The summed E-state index contributed by atoms with van der Waals surface area (Å²) in [6.07, 6.45) is 3.77. The molecule has 3 saturated heterocycles. The Kier molecular flexibility index (Phi) is 6.50. The average molecular weight is 396 g/mol. The molecule has 3 heterocycles. The number of carboxylic acid groups (broad SMARTS) is 1. The summed E-state index contributed by atoms with van der Waals surface area (Å²) in [5.74, 6) is -2.28. The number of aliphatic carboxylic acids is 1. The third kappa shape index (κ3) is 4.12. The van der Waals surface area contributed by atoms with Gasteiger partial charge in [0.05, 0.1) is 12.6 Å². The Labute approximate surface area is 163 Å². The van der Waals surface area contributed by atoms with Gasteiger partial charge in [-0.15, -0.1) is 0 Å². The maximum absolute atomic E-state index is 12.8. The van der Waals surface area contributed by atoms with E-state index < -0.39 is 42.5 Å². The van der Waals surface area contributed by atoms with Gasteiger partial charge >= 0.3 is 5.97 Å². The number of likely N-dealkylation sites (tertiary alicyclic amines) is 2. The minimum Gasteiger partial charge on any atom is -0.480 e. The topological polar surface area (TPSA) is 139 Å². The first kappa shape index (κ1) is 20.5. The van der Waals surface area contributed by atoms with E-state index >= 15 is 0 Å². The second kappa shape index (κ2) is 8.87. The van der Waals surface area contributed by atoms with Crippen molar-refractivity contribution in [2.24, 2.45) is 0 Å². The Morgan fingerprint density at radius 3 is 2.29 bits per heavy atom. The van der Waals surface area contributed by atoms with Gasteiger partial charge in [-0.2, -0.15) is 0 Å². The van der Waals surface area contributed by atoms with Crippen molar-refractivity contribution in [3.8, 4) is 0 Å². The second-order valence-electron chi connectivity index (χ2n) is 7.61. The predicted molar refractivity (Wildman–Crippen MR) is 97.1 cm³/mol. The van der Waals surface area contributed by atoms with Gasteiger partial charge in [-0.25, -0.2) is 4.79 Å². The SMILES string of the molecule is O=C(O)C1CCCN1C(=O)C(CO)NC(=O)C1CCCN1C(=O)C1CCCN1. The van der Waals surface area contributed by atoms with Crippen LogP contribution in [0.2, 0.25) is 0 Å². The van der Waals surface area contributed by atoms with Crippen LogP contribution in [-0.2, 0) is 19.2 Å². The molecule has 10 nitrogen and oxygen atoms in total. The fourth-order valence-electron chi connectivity index (χ4n) is 4.34. The molecule has 3 aliphatic rings. The smallest absolute Gasteiger partial charge is 0.326 e. The van der Waals surface area contributed by atoms with Crippen LogP contribution in [0.25, 0.3) is 0 Å². The van der Waals surface area contributed by atoms with Crippen molar-refractivity contribution in [2.75, 3.05) is 26.2 Å². The molecule has 3 fully saturated rings. The van der Waals surface area contributed by atoms with Crippen molar-refractivity contribution in [3.63, 3.8) is 0 Å². The van der Waals surface area contributed by atoms with Crippen LogP contribution >= 0.6 is 0 Å². The largest absolute Gasteiger partial charge is 0.480 e. The van der Waals surface area contributed by atoms with Crippen LogP contribution in [-0.4, -0.2) is 94.1 Å². The number of carbonyl (C=O) groups is 4. The minimum absolute atomic E-state index is 0.104. The molecule has 156 valence electrons. The number of hydrogen-bond donors (Lipinski definition) is 4. The number of carbonyl (C=O) groups excluding carboxylic acids is 3. The first-order valence-corrected chi connectivity index (χ1v) is 9.92. The van der Waals surface area contributed by atoms with Crippen LogP contribution < -0.4 is 10.6 Å². The summed E-state index contributed by atoms with van der Waals surface area (Å²) in [5, 5.41) is 24.5. The third-order valence-electron chi connectivity index (χ3n) is 5.82. The third-order valence-corrected chi connectivity index (χ3v) is 5.82. The minimum atomic E-state index is -1.21. The summed E-state index contributed by atoms with van der Waals surface area (Å²) >= 11 is 0. The number of carboxylic acids is 1. The van der Waals surface area contributed by atoms with E-state index in [1.54, 1.807) is 4.90 Å². The molecule has 0 bridgehead atoms. The number of nitrogens with zero attached hydrogens (tertiary/aromatic N) is 2. The molecule has 0 spiro atoms. The number of aliphatic hydroxyl groups is 1. The number of aliphatic hydroxyl groups excluding tert-OH is 1. The molecule has 0 aromatic carbocycles. The zero-order valence-corrected chi connectivity index (χ0v) is 15.8. The summed E-state index contributed by atoms with van der Waals surface area (Å²) in [6.45, 7) is 0.921. The van der Waals surface area contributed by atoms with Gasteiger partial charge in [0.2, 0.25) is 17.7 Å². The molecule has 3 amide bonds. The number of hydrogen-bond acceptors (Lipinski definition) is 6. The Hall–Kier alpha value is -2.20. The second-order valence-corrected chi connectivity index (χ2v) is 7.61. The molecule has 0 saturated carbocycles. The Balaban J connectivity index is 1.63. The van der Waals surface area contributed by atoms with Crippen LogP contribution in [0.15, 0.2) is 0 Å². The molecule has 3 aliphatic heterocycles. The molecule has 3 rings (SSSR count). The monoisotopic (exact) mass is 396 g/mol. The highest BCUT2D eigenvalue weighted by molar-refractivity contribution is 5.94. The van der Waals surface area contributed by atoms with E-state index in [1.165, 1.54) is 4.90 Å². The zero-order chi connectivity index (χ0) is 20.3. The van der Waals surface area contributed by atoms with Crippen LogP contribution in [0.4, 0.5) is 0 Å². The van der Waals surface area contributed by atoms with Crippen LogP contribution in [0.3, 0.4) is 0 Å². The maximum Gasteiger partial charge on any atom is 0.326 e. The molecule has 10 heteroatoms. The van der Waals surface area contributed by atoms with Crippen molar-refractivity contribution in [1.82, 2.24) is 20.4 Å². The van der Waals surface area contributed by atoms with Crippen LogP contribution in [0.5, 0.6) is 0 Å². The Morgan fingerprint density at radius 2 is 1.68 bits per heavy atom. The Bertz CT molecular complexity index is 636. The van der Waals surface area contributed by atoms with Gasteiger partial charge < -0.3 is 30.6 Å². The molecule has 0 aromatic rings. The van der Waals surface area contributed by atoms with Gasteiger partial charge in [-0.3, -0.25) is 14.4 Å². The molecule has 0 aromatic heterocycles. The molecule has 0 aliphatic carbocycles. The van der Waals surface area contributed by atoms with Gasteiger partial charge in [0.15, 0.2) is 0 Å². The lowest BCUT2D eigenvalue weighted by atomic mass is 10.1. The molecule has 4 atom stereocenters. The Morgan fingerprint density at radius 1 is 1.00 bits per heavy atom. The molecular formula is C18H28N4O6. The molecular weight excluding hydrogens is 368 g/mol. The van der Waals surface area contributed by atoms with E-state index in [9.17, 15) is 29.4 Å². The quantitative estimate of drug-likeness (QED) is 0.419. The van der Waals surface area contributed by atoms with E-state index in [2.05, 4.69) is 10.6 Å². The van der Waals surface area contributed by atoms with Crippen molar-refractivity contribution >= 4 is 23.7 Å². The highest BCUT2D eigenvalue weighted by atomic mass is 16.4. The normalized spacial score (nSPS) is 28.4. The lowest BCUT2D eigenvalue weighted by Gasteiger charge is -2.30. The van der Waals surface area contributed by atoms with E-state index in [-0.39, 0.29) is 18.5 Å². The number of rotatable bonds is 6. The van der Waals surface area contributed by atoms with E-state index in [0.29, 0.717) is 32.2 Å². The van der Waals surface area contributed by atoms with Crippen molar-refractivity contribution in [1.29, 1.82) is 0 Å². The molecule has 4 N–H and O–H groups in total. The lowest BCUT2D eigenvalue weighted by Crippen LogP contribution is -2.57. The fourth-order valence-corrected chi connectivity index (χ4v) is 4.34. The first-order chi connectivity index (χ1) is 13.4. The predicted octanol–water partition coefficient (Wildman–Crippen LogP) is -1.72. The van der Waals surface area contributed by atoms with E-state index in [1.807, 2.05) is 0 Å². The summed E-state index contributed by atoms with van der Waals surface area (Å²) < 4.78 is 0. The molecule has 28 heavy (non-hydrogen) atoms. The standard InChI is InChI=1S/C18H28N4O6/c23-10-12(17(26)22-9-3-6-14(22)18(27)28)20-15(24)13-5-2-8-21(13)16(25)11-4-1-7-19-11/h11-14,19,23H,1-10H2,(H,20,24)(H,27,28). The van der Waals surface area contributed by atoms with Crippen LogP contribution in [0, 0.1) is 0 Å². The van der Waals surface area contributed by atoms with Crippen molar-refractivity contribution < 1.29 is 29.4 Å². The van der Waals surface area contributed by atoms with Crippen molar-refractivity contribution in [3.05, 3.63) is 0 Å². The number of nitrogens with one attached hydrogen (secondary N) is 2. The maximum atomic E-state index is 12.8. The van der Waals surface area contributed by atoms with Gasteiger partial charge in [0.25, 0.3) is 0 Å². The van der Waals surface area contributed by atoms with Gasteiger partial charge in [-0.1, -0.05) is 0 Å². The summed E-state index contributed by atoms with van der Waals surface area (Å²) in [6, 6.07) is -3.10. The highest BCUT2D eigenvalue weighted by Crippen LogP contribution is 2.22. The lowest BCUT2D eigenvalue weighted by molar-refractivity contribution is -0.150. The van der Waals surface area contributed by atoms with Crippen LogP contribution in [0.1, 0.15) is 38.5 Å². The summed E-state index contributed by atoms with van der Waals surface area (Å²) in [7, 11) is 0. The van der Waals surface area contributed by atoms with E-state index in [0.717, 1.165) is 19.4 Å². The summed E-state index contributed by atoms with van der Waals surface area (Å²) in [5.41, 5.74) is 0. The van der Waals surface area contributed by atoms with Gasteiger partial charge in [0.1, 0.15) is 18.1 Å². The summed E-state index contributed by atoms with van der Waals surface area (Å²) in [4.78, 5) is 52.1. The first-order valence-electron chi connectivity index (χ1n) is 9.92. The van der Waals surface area contributed by atoms with Gasteiger partial charge in [0, 0.05) is 13.1 Å². The molecule has 0 radical (unpaired) electrons. The molecule has 4 unspecified atom stereocenters. The van der Waals surface area contributed by atoms with E-state index in [4.69, 9.17) is 0 Å². The fraction of sp³-hybridized carbons (Fsp3) is 0.778. The number of amides is 3.